The van der Waals surface area contributed by atoms with E-state index in [0.717, 1.165) is 37.8 Å². The Morgan fingerprint density at radius 1 is 1.21 bits per heavy atom. The topological polar surface area (TPSA) is 40.5 Å². The summed E-state index contributed by atoms with van der Waals surface area (Å²) in [7, 11) is 0. The van der Waals surface area contributed by atoms with Crippen molar-refractivity contribution in [3.8, 4) is 0 Å². The van der Waals surface area contributed by atoms with E-state index >= 15 is 0 Å². The molecule has 0 spiro atoms. The molecule has 3 nitrogen and oxygen atoms in total. The highest BCUT2D eigenvalue weighted by Gasteiger charge is 2.48. The molecule has 3 heteroatoms. The standard InChI is InChI=1S/C21H25NO2/c1-21-10-11-22(19(21)9-8-18(23)14-21)20(24)13-15-6-7-16-4-2-3-5-17(16)12-15/h2-7,12,18-19,23H,8-11,13-14H2,1H3/t18-,19-,21+/m1/s1. The van der Waals surface area contributed by atoms with Crippen LogP contribution in [0.25, 0.3) is 10.8 Å². The SMILES string of the molecule is C[C@@]12CCN(C(=O)Cc3ccc4ccccc4c3)[C@@H]1CC[C@@H](O)C2. The molecule has 1 aliphatic heterocycles. The normalized spacial score (nSPS) is 29.7. The summed E-state index contributed by atoms with van der Waals surface area (Å²) in [5, 5.41) is 12.4. The van der Waals surface area contributed by atoms with Crippen LogP contribution in [-0.2, 0) is 11.2 Å². The van der Waals surface area contributed by atoms with Gasteiger partial charge in [0.25, 0.3) is 0 Å². The number of aliphatic hydroxyl groups is 1. The van der Waals surface area contributed by atoms with Gasteiger partial charge in [0, 0.05) is 12.6 Å². The third-order valence-corrected chi connectivity index (χ3v) is 6.07. The molecule has 1 N–H and O–H groups in total. The number of nitrogens with zero attached hydrogens (tertiary/aromatic N) is 1. The van der Waals surface area contributed by atoms with Gasteiger partial charge in [-0.05, 0) is 47.4 Å². The predicted molar refractivity (Wildman–Crippen MR) is 95.7 cm³/mol. The second-order valence-corrected chi connectivity index (χ2v) is 7.80. The summed E-state index contributed by atoms with van der Waals surface area (Å²) in [6.45, 7) is 3.07. The van der Waals surface area contributed by atoms with E-state index in [9.17, 15) is 9.90 Å². The lowest BCUT2D eigenvalue weighted by Crippen LogP contribution is -2.46. The van der Waals surface area contributed by atoms with Gasteiger partial charge in [-0.15, -0.1) is 0 Å². The van der Waals surface area contributed by atoms with Gasteiger partial charge in [-0.1, -0.05) is 49.4 Å². The lowest BCUT2D eigenvalue weighted by Gasteiger charge is -2.41. The first kappa shape index (κ1) is 15.6. The Kier molecular flexibility index (Phi) is 3.84. The van der Waals surface area contributed by atoms with Gasteiger partial charge in [0.15, 0.2) is 0 Å². The Bertz CT molecular complexity index is 771. The molecule has 24 heavy (non-hydrogen) atoms. The third-order valence-electron chi connectivity index (χ3n) is 6.07. The number of hydrogen-bond acceptors (Lipinski definition) is 2. The molecule has 0 radical (unpaired) electrons. The fourth-order valence-electron chi connectivity index (χ4n) is 4.73. The first-order valence-electron chi connectivity index (χ1n) is 9.00. The van der Waals surface area contributed by atoms with E-state index in [4.69, 9.17) is 0 Å². The van der Waals surface area contributed by atoms with Crippen LogP contribution < -0.4 is 0 Å². The molecule has 2 aromatic carbocycles. The molecule has 1 saturated heterocycles. The average molecular weight is 323 g/mol. The second-order valence-electron chi connectivity index (χ2n) is 7.80. The maximum absolute atomic E-state index is 12.9. The van der Waals surface area contributed by atoms with E-state index in [0.29, 0.717) is 12.5 Å². The summed E-state index contributed by atoms with van der Waals surface area (Å²) in [6, 6.07) is 14.9. The fourth-order valence-corrected chi connectivity index (χ4v) is 4.73. The van der Waals surface area contributed by atoms with Crippen molar-refractivity contribution in [2.75, 3.05) is 6.54 Å². The number of carbonyl (C=O) groups is 1. The molecule has 0 bridgehead atoms. The lowest BCUT2D eigenvalue weighted by atomic mass is 9.71. The average Bonchev–Trinajstić information content (AvgIpc) is 2.91. The Morgan fingerprint density at radius 2 is 2.00 bits per heavy atom. The van der Waals surface area contributed by atoms with Crippen LogP contribution in [0, 0.1) is 5.41 Å². The third kappa shape index (κ3) is 2.71. The second kappa shape index (κ2) is 5.89. The molecule has 0 aromatic heterocycles. The molecule has 1 amide bonds. The van der Waals surface area contributed by atoms with Crippen molar-refractivity contribution < 1.29 is 9.90 Å². The molecular weight excluding hydrogens is 298 g/mol. The molecule has 2 aromatic rings. The minimum atomic E-state index is -0.193. The Balaban J connectivity index is 1.51. The van der Waals surface area contributed by atoms with Crippen LogP contribution in [0.5, 0.6) is 0 Å². The molecule has 3 atom stereocenters. The Morgan fingerprint density at radius 3 is 2.83 bits per heavy atom. The molecule has 1 heterocycles. The van der Waals surface area contributed by atoms with E-state index in [1.54, 1.807) is 0 Å². The van der Waals surface area contributed by atoms with Gasteiger partial charge >= 0.3 is 0 Å². The first-order valence-corrected chi connectivity index (χ1v) is 9.00. The zero-order valence-corrected chi connectivity index (χ0v) is 14.2. The summed E-state index contributed by atoms with van der Waals surface area (Å²) in [4.78, 5) is 15.0. The van der Waals surface area contributed by atoms with Gasteiger partial charge in [-0.3, -0.25) is 4.79 Å². The summed E-state index contributed by atoms with van der Waals surface area (Å²) < 4.78 is 0. The van der Waals surface area contributed by atoms with E-state index in [2.05, 4.69) is 42.2 Å². The molecule has 2 aliphatic rings. The number of carbonyl (C=O) groups excluding carboxylic acids is 1. The summed E-state index contributed by atoms with van der Waals surface area (Å²) in [5.74, 6) is 0.232. The highest BCUT2D eigenvalue weighted by atomic mass is 16.3. The molecule has 4 rings (SSSR count). The van der Waals surface area contributed by atoms with Crippen LogP contribution >= 0.6 is 0 Å². The maximum Gasteiger partial charge on any atom is 0.227 e. The number of hydrogen-bond donors (Lipinski definition) is 1. The number of benzene rings is 2. The molecule has 0 unspecified atom stereocenters. The molecular formula is C21H25NO2. The van der Waals surface area contributed by atoms with Crippen molar-refractivity contribution in [2.24, 2.45) is 5.41 Å². The van der Waals surface area contributed by atoms with Gasteiger partial charge in [0.05, 0.1) is 12.5 Å². The molecule has 1 aliphatic carbocycles. The van der Waals surface area contributed by atoms with Gasteiger partial charge < -0.3 is 10.0 Å². The van der Waals surface area contributed by atoms with Crippen LogP contribution in [-0.4, -0.2) is 34.6 Å². The Hall–Kier alpha value is -1.87. The maximum atomic E-state index is 12.9. The van der Waals surface area contributed by atoms with E-state index in [-0.39, 0.29) is 17.4 Å². The molecule has 1 saturated carbocycles. The smallest absolute Gasteiger partial charge is 0.227 e. The number of amides is 1. The monoisotopic (exact) mass is 323 g/mol. The van der Waals surface area contributed by atoms with Crippen LogP contribution in [0.4, 0.5) is 0 Å². The lowest BCUT2D eigenvalue weighted by molar-refractivity contribution is -0.133. The quantitative estimate of drug-likeness (QED) is 0.918. The van der Waals surface area contributed by atoms with Crippen molar-refractivity contribution in [3.05, 3.63) is 48.0 Å². The molecule has 2 fully saturated rings. The van der Waals surface area contributed by atoms with Crippen LogP contribution in [0.2, 0.25) is 0 Å². The minimum absolute atomic E-state index is 0.0940. The predicted octanol–water partition coefficient (Wildman–Crippen LogP) is 3.53. The summed E-state index contributed by atoms with van der Waals surface area (Å²) in [5.41, 5.74) is 1.18. The van der Waals surface area contributed by atoms with E-state index < -0.39 is 0 Å². The van der Waals surface area contributed by atoms with Crippen molar-refractivity contribution in [3.63, 3.8) is 0 Å². The number of aliphatic hydroxyl groups excluding tert-OH is 1. The zero-order valence-electron chi connectivity index (χ0n) is 14.2. The van der Waals surface area contributed by atoms with Gasteiger partial charge in [-0.2, -0.15) is 0 Å². The number of likely N-dealkylation sites (tertiary alicyclic amines) is 1. The van der Waals surface area contributed by atoms with Crippen molar-refractivity contribution in [1.29, 1.82) is 0 Å². The van der Waals surface area contributed by atoms with E-state index in [1.807, 2.05) is 12.1 Å². The zero-order chi connectivity index (χ0) is 16.7. The van der Waals surface area contributed by atoms with Crippen LogP contribution in [0.1, 0.15) is 38.2 Å². The van der Waals surface area contributed by atoms with Crippen LogP contribution in [0.3, 0.4) is 0 Å². The molecule has 126 valence electrons. The summed E-state index contributed by atoms with van der Waals surface area (Å²) in [6.07, 6.45) is 3.87. The largest absolute Gasteiger partial charge is 0.393 e. The van der Waals surface area contributed by atoms with Crippen molar-refractivity contribution in [2.45, 2.75) is 51.2 Å². The van der Waals surface area contributed by atoms with Gasteiger partial charge in [0.2, 0.25) is 5.91 Å². The van der Waals surface area contributed by atoms with Crippen molar-refractivity contribution >= 4 is 16.7 Å². The van der Waals surface area contributed by atoms with Gasteiger partial charge in [-0.25, -0.2) is 0 Å². The van der Waals surface area contributed by atoms with Crippen molar-refractivity contribution in [1.82, 2.24) is 4.90 Å². The fraction of sp³-hybridized carbons (Fsp3) is 0.476. The van der Waals surface area contributed by atoms with E-state index in [1.165, 1.54) is 10.8 Å². The highest BCUT2D eigenvalue weighted by Crippen LogP contribution is 2.46. The van der Waals surface area contributed by atoms with Crippen LogP contribution in [0.15, 0.2) is 42.5 Å². The highest BCUT2D eigenvalue weighted by molar-refractivity contribution is 5.85. The Labute approximate surface area is 143 Å². The number of rotatable bonds is 2. The van der Waals surface area contributed by atoms with Gasteiger partial charge in [0.1, 0.15) is 0 Å². The minimum Gasteiger partial charge on any atom is -0.393 e. The number of fused-ring (bicyclic) bond motifs is 2. The first-order chi connectivity index (χ1) is 11.5. The summed E-state index contributed by atoms with van der Waals surface area (Å²) >= 11 is 0.